The van der Waals surface area contributed by atoms with Crippen LogP contribution in [0, 0.1) is 18.8 Å². The molecule has 102 valence electrons. The Kier molecular flexibility index (Phi) is 4.14. The number of rotatable bonds is 3. The summed E-state index contributed by atoms with van der Waals surface area (Å²) in [6.45, 7) is 1.90. The van der Waals surface area contributed by atoms with Gasteiger partial charge in [0.15, 0.2) is 0 Å². The molecule has 1 N–H and O–H groups in total. The standard InChI is InChI=1S/C14H18N2O3/c1-9-6-7-15-12(8-9)16-13(17)10-4-2-3-5-11(10)14(18)19/h6-8,10-11H,2-5H2,1H3,(H,18,19)(H,15,16,17)/p-1/t10-,11-/m0/s1. The van der Waals surface area contributed by atoms with Gasteiger partial charge < -0.3 is 15.2 Å². The van der Waals surface area contributed by atoms with Crippen molar-refractivity contribution in [3.8, 4) is 0 Å². The second-order valence-corrected chi connectivity index (χ2v) is 5.02. The van der Waals surface area contributed by atoms with Crippen molar-refractivity contribution in [2.45, 2.75) is 32.6 Å². The maximum atomic E-state index is 12.2. The third-order valence-corrected chi connectivity index (χ3v) is 3.57. The number of pyridine rings is 1. The molecule has 0 radical (unpaired) electrons. The average Bonchev–Trinajstić information content (AvgIpc) is 2.38. The van der Waals surface area contributed by atoms with Gasteiger partial charge in [0.2, 0.25) is 5.91 Å². The number of anilines is 1. The number of carbonyl (C=O) groups excluding carboxylic acids is 2. The first-order chi connectivity index (χ1) is 9.08. The van der Waals surface area contributed by atoms with E-state index in [4.69, 9.17) is 0 Å². The van der Waals surface area contributed by atoms with E-state index < -0.39 is 17.8 Å². The minimum Gasteiger partial charge on any atom is -0.550 e. The summed E-state index contributed by atoms with van der Waals surface area (Å²) in [5, 5.41) is 13.8. The number of carboxylic acids is 1. The molecule has 1 fully saturated rings. The summed E-state index contributed by atoms with van der Waals surface area (Å²) < 4.78 is 0. The number of hydrogen-bond acceptors (Lipinski definition) is 4. The Balaban J connectivity index is 2.07. The highest BCUT2D eigenvalue weighted by atomic mass is 16.4. The van der Waals surface area contributed by atoms with Gasteiger partial charge in [-0.05, 0) is 37.5 Å². The van der Waals surface area contributed by atoms with E-state index in [0.29, 0.717) is 18.7 Å². The van der Waals surface area contributed by atoms with E-state index in [1.807, 2.05) is 13.0 Å². The van der Waals surface area contributed by atoms with E-state index in [9.17, 15) is 14.7 Å². The molecule has 0 aromatic carbocycles. The summed E-state index contributed by atoms with van der Waals surface area (Å²) >= 11 is 0. The van der Waals surface area contributed by atoms with Crippen LogP contribution in [0.1, 0.15) is 31.2 Å². The van der Waals surface area contributed by atoms with Gasteiger partial charge in [-0.2, -0.15) is 0 Å². The van der Waals surface area contributed by atoms with Crippen LogP contribution < -0.4 is 10.4 Å². The molecule has 2 atom stereocenters. The fourth-order valence-electron chi connectivity index (χ4n) is 2.55. The molecule has 0 aliphatic heterocycles. The van der Waals surface area contributed by atoms with E-state index in [0.717, 1.165) is 18.4 Å². The molecule has 2 rings (SSSR count). The lowest BCUT2D eigenvalue weighted by Crippen LogP contribution is -2.42. The van der Waals surface area contributed by atoms with Gasteiger partial charge in [-0.1, -0.05) is 12.8 Å². The maximum Gasteiger partial charge on any atom is 0.229 e. The lowest BCUT2D eigenvalue weighted by atomic mass is 9.79. The zero-order valence-corrected chi connectivity index (χ0v) is 10.9. The van der Waals surface area contributed by atoms with Gasteiger partial charge in [-0.25, -0.2) is 4.98 Å². The molecule has 0 unspecified atom stereocenters. The molecular formula is C14H17N2O3-. The molecule has 1 saturated carbocycles. The molecule has 5 heteroatoms. The summed E-state index contributed by atoms with van der Waals surface area (Å²) in [4.78, 5) is 27.3. The number of aromatic nitrogens is 1. The van der Waals surface area contributed by atoms with Crippen LogP contribution in [0.15, 0.2) is 18.3 Å². The lowest BCUT2D eigenvalue weighted by Gasteiger charge is -2.31. The SMILES string of the molecule is Cc1ccnc(NC(=O)[C@H]2CCCC[C@@H]2C(=O)[O-])c1. The number of aliphatic carboxylic acids is 1. The highest BCUT2D eigenvalue weighted by molar-refractivity contribution is 5.94. The molecule has 0 bridgehead atoms. The molecule has 0 spiro atoms. The van der Waals surface area contributed by atoms with Crippen LogP contribution in [0.2, 0.25) is 0 Å². The molecule has 1 heterocycles. The third kappa shape index (κ3) is 3.30. The Labute approximate surface area is 112 Å². The smallest absolute Gasteiger partial charge is 0.229 e. The molecule has 5 nitrogen and oxygen atoms in total. The van der Waals surface area contributed by atoms with Crippen molar-refractivity contribution < 1.29 is 14.7 Å². The average molecular weight is 261 g/mol. The predicted molar refractivity (Wildman–Crippen MR) is 68.1 cm³/mol. The Bertz CT molecular complexity index is 487. The quantitative estimate of drug-likeness (QED) is 0.875. The van der Waals surface area contributed by atoms with Crippen LogP contribution >= 0.6 is 0 Å². The highest BCUT2D eigenvalue weighted by Gasteiger charge is 2.31. The van der Waals surface area contributed by atoms with Crippen LogP contribution in [0.25, 0.3) is 0 Å². The molecule has 1 aliphatic rings. The molecule has 1 aromatic rings. The van der Waals surface area contributed by atoms with Crippen LogP contribution in [0.5, 0.6) is 0 Å². The summed E-state index contributed by atoms with van der Waals surface area (Å²) in [7, 11) is 0. The number of nitrogens with zero attached hydrogens (tertiary/aromatic N) is 1. The topological polar surface area (TPSA) is 82.1 Å². The monoisotopic (exact) mass is 261 g/mol. The number of nitrogens with one attached hydrogen (secondary N) is 1. The number of amides is 1. The van der Waals surface area contributed by atoms with E-state index >= 15 is 0 Å². The zero-order chi connectivity index (χ0) is 13.8. The summed E-state index contributed by atoms with van der Waals surface area (Å²) in [5.74, 6) is -2.13. The first kappa shape index (κ1) is 13.5. The van der Waals surface area contributed by atoms with Gasteiger partial charge in [-0.15, -0.1) is 0 Å². The normalized spacial score (nSPS) is 22.8. The van der Waals surface area contributed by atoms with Gasteiger partial charge in [0.1, 0.15) is 5.82 Å². The summed E-state index contributed by atoms with van der Waals surface area (Å²) in [6, 6.07) is 3.59. The van der Waals surface area contributed by atoms with Crippen LogP contribution in [0.3, 0.4) is 0 Å². The Hall–Kier alpha value is -1.91. The number of aryl methyl sites for hydroxylation is 1. The molecular weight excluding hydrogens is 244 g/mol. The van der Waals surface area contributed by atoms with E-state index in [2.05, 4.69) is 10.3 Å². The second kappa shape index (κ2) is 5.82. The van der Waals surface area contributed by atoms with E-state index in [1.165, 1.54) is 0 Å². The van der Waals surface area contributed by atoms with Crippen LogP contribution in [-0.2, 0) is 9.59 Å². The van der Waals surface area contributed by atoms with E-state index in [-0.39, 0.29) is 5.91 Å². The van der Waals surface area contributed by atoms with Crippen molar-refractivity contribution in [1.29, 1.82) is 0 Å². The number of carboxylic acid groups (broad SMARTS) is 1. The molecule has 1 aliphatic carbocycles. The van der Waals surface area contributed by atoms with Crippen molar-refractivity contribution >= 4 is 17.7 Å². The van der Waals surface area contributed by atoms with Crippen LogP contribution in [0.4, 0.5) is 5.82 Å². The molecule has 19 heavy (non-hydrogen) atoms. The Morgan fingerprint density at radius 1 is 1.32 bits per heavy atom. The Morgan fingerprint density at radius 3 is 2.63 bits per heavy atom. The largest absolute Gasteiger partial charge is 0.550 e. The minimum absolute atomic E-state index is 0.271. The van der Waals surface area contributed by atoms with Gasteiger partial charge in [0.05, 0.1) is 0 Å². The van der Waals surface area contributed by atoms with Gasteiger partial charge in [-0.3, -0.25) is 4.79 Å². The predicted octanol–water partition coefficient (Wildman–Crippen LogP) is 0.885. The van der Waals surface area contributed by atoms with Gasteiger partial charge in [0, 0.05) is 24.0 Å². The van der Waals surface area contributed by atoms with Crippen molar-refractivity contribution in [1.82, 2.24) is 4.98 Å². The summed E-state index contributed by atoms with van der Waals surface area (Å²) in [5.41, 5.74) is 0.991. The molecule has 1 amide bonds. The fourth-order valence-corrected chi connectivity index (χ4v) is 2.55. The zero-order valence-electron chi connectivity index (χ0n) is 10.9. The van der Waals surface area contributed by atoms with Crippen molar-refractivity contribution in [3.63, 3.8) is 0 Å². The maximum absolute atomic E-state index is 12.2. The summed E-state index contributed by atoms with van der Waals surface area (Å²) in [6.07, 6.45) is 4.44. The van der Waals surface area contributed by atoms with Crippen molar-refractivity contribution in [2.75, 3.05) is 5.32 Å². The van der Waals surface area contributed by atoms with Gasteiger partial charge in [0.25, 0.3) is 0 Å². The van der Waals surface area contributed by atoms with E-state index in [1.54, 1.807) is 12.3 Å². The fraction of sp³-hybridized carbons (Fsp3) is 0.500. The van der Waals surface area contributed by atoms with Crippen LogP contribution in [-0.4, -0.2) is 16.9 Å². The van der Waals surface area contributed by atoms with Gasteiger partial charge >= 0.3 is 0 Å². The third-order valence-electron chi connectivity index (χ3n) is 3.57. The lowest BCUT2D eigenvalue weighted by molar-refractivity contribution is -0.313. The first-order valence-electron chi connectivity index (χ1n) is 6.52. The Morgan fingerprint density at radius 2 is 2.00 bits per heavy atom. The molecule has 1 aromatic heterocycles. The van der Waals surface area contributed by atoms with Crippen molar-refractivity contribution in [2.24, 2.45) is 11.8 Å². The number of carbonyl (C=O) groups is 2. The van der Waals surface area contributed by atoms with Crippen molar-refractivity contribution in [3.05, 3.63) is 23.9 Å². The highest BCUT2D eigenvalue weighted by Crippen LogP contribution is 2.30. The molecule has 0 saturated heterocycles. The number of hydrogen-bond donors (Lipinski definition) is 1. The first-order valence-corrected chi connectivity index (χ1v) is 6.52. The second-order valence-electron chi connectivity index (χ2n) is 5.02. The minimum atomic E-state index is -1.13.